The summed E-state index contributed by atoms with van der Waals surface area (Å²) in [5.74, 6) is 1.04. The third-order valence-electron chi connectivity index (χ3n) is 3.14. The molecule has 6 heteroatoms. The van der Waals surface area contributed by atoms with E-state index in [0.29, 0.717) is 5.13 Å². The molecular formula is C17H15N3O2S. The number of ether oxygens (including phenoxy) is 1. The van der Waals surface area contributed by atoms with Crippen LogP contribution in [0.15, 0.2) is 59.0 Å². The molecule has 0 radical (unpaired) electrons. The van der Waals surface area contributed by atoms with Gasteiger partial charge in [-0.3, -0.25) is 5.43 Å². The molecule has 0 aliphatic carbocycles. The number of methoxy groups -OCH3 is 1. The van der Waals surface area contributed by atoms with Gasteiger partial charge in [0.2, 0.25) is 5.13 Å². The molecule has 0 aliphatic heterocycles. The van der Waals surface area contributed by atoms with Crippen molar-refractivity contribution in [3.63, 3.8) is 0 Å². The normalized spacial score (nSPS) is 10.8. The molecule has 0 amide bonds. The van der Waals surface area contributed by atoms with Gasteiger partial charge in [0.15, 0.2) is 0 Å². The van der Waals surface area contributed by atoms with Crippen molar-refractivity contribution >= 4 is 22.7 Å². The molecule has 2 aromatic carbocycles. The average molecular weight is 325 g/mol. The van der Waals surface area contributed by atoms with Crippen molar-refractivity contribution in [1.82, 2.24) is 4.98 Å². The molecule has 0 aliphatic rings. The van der Waals surface area contributed by atoms with Gasteiger partial charge < -0.3 is 9.84 Å². The summed E-state index contributed by atoms with van der Waals surface area (Å²) in [4.78, 5) is 4.44. The molecule has 3 aromatic rings. The minimum absolute atomic E-state index is 0.225. The quantitative estimate of drug-likeness (QED) is 0.550. The van der Waals surface area contributed by atoms with Crippen molar-refractivity contribution in [3.8, 4) is 22.8 Å². The number of anilines is 1. The Balaban J connectivity index is 1.65. The van der Waals surface area contributed by atoms with Gasteiger partial charge in [-0.15, -0.1) is 11.3 Å². The SMILES string of the molecule is COc1ccc(/C=N/Nc2nc(-c3cccc(O)c3)cs2)cc1. The van der Waals surface area contributed by atoms with Gasteiger partial charge in [0.1, 0.15) is 11.5 Å². The molecule has 5 nitrogen and oxygen atoms in total. The molecule has 0 bridgehead atoms. The number of hydrogen-bond donors (Lipinski definition) is 2. The lowest BCUT2D eigenvalue weighted by molar-refractivity contribution is 0.415. The van der Waals surface area contributed by atoms with Crippen molar-refractivity contribution in [2.75, 3.05) is 12.5 Å². The van der Waals surface area contributed by atoms with Crippen molar-refractivity contribution in [2.45, 2.75) is 0 Å². The number of rotatable bonds is 5. The number of nitrogens with zero attached hydrogens (tertiary/aromatic N) is 2. The number of phenolic OH excluding ortho intramolecular Hbond substituents is 1. The smallest absolute Gasteiger partial charge is 0.203 e. The Morgan fingerprint density at radius 1 is 1.22 bits per heavy atom. The Hall–Kier alpha value is -2.86. The lowest BCUT2D eigenvalue weighted by Gasteiger charge is -1.99. The number of thiazole rings is 1. The van der Waals surface area contributed by atoms with Crippen LogP contribution in [0, 0.1) is 0 Å². The van der Waals surface area contributed by atoms with E-state index in [4.69, 9.17) is 4.74 Å². The van der Waals surface area contributed by atoms with Crippen LogP contribution in [0.3, 0.4) is 0 Å². The number of hydrogen-bond acceptors (Lipinski definition) is 6. The molecule has 0 spiro atoms. The molecule has 23 heavy (non-hydrogen) atoms. The Morgan fingerprint density at radius 3 is 2.78 bits per heavy atom. The van der Waals surface area contributed by atoms with E-state index in [0.717, 1.165) is 22.6 Å². The molecule has 3 rings (SSSR count). The predicted molar refractivity (Wildman–Crippen MR) is 93.4 cm³/mol. The van der Waals surface area contributed by atoms with Crippen LogP contribution in [-0.4, -0.2) is 23.4 Å². The van der Waals surface area contributed by atoms with Gasteiger partial charge in [-0.25, -0.2) is 4.98 Å². The van der Waals surface area contributed by atoms with Crippen molar-refractivity contribution in [1.29, 1.82) is 0 Å². The fourth-order valence-electron chi connectivity index (χ4n) is 1.97. The highest BCUT2D eigenvalue weighted by atomic mass is 32.1. The van der Waals surface area contributed by atoms with E-state index in [1.807, 2.05) is 35.7 Å². The summed E-state index contributed by atoms with van der Waals surface area (Å²) < 4.78 is 5.11. The van der Waals surface area contributed by atoms with Crippen LogP contribution in [0.1, 0.15) is 5.56 Å². The molecule has 0 saturated heterocycles. The predicted octanol–water partition coefficient (Wildman–Crippen LogP) is 3.97. The first-order valence-electron chi connectivity index (χ1n) is 6.92. The summed E-state index contributed by atoms with van der Waals surface area (Å²) in [7, 11) is 1.64. The number of aromatic nitrogens is 1. The fraction of sp³-hybridized carbons (Fsp3) is 0.0588. The number of nitrogens with one attached hydrogen (secondary N) is 1. The summed E-state index contributed by atoms with van der Waals surface area (Å²) in [5, 5.41) is 16.3. The standard InChI is InChI=1S/C17H15N3O2S/c1-22-15-7-5-12(6-8-15)10-18-20-17-19-16(11-23-17)13-3-2-4-14(21)9-13/h2-11,21H,1H3,(H,19,20)/b18-10+. The van der Waals surface area contributed by atoms with Gasteiger partial charge in [-0.05, 0) is 42.0 Å². The maximum atomic E-state index is 9.51. The van der Waals surface area contributed by atoms with E-state index in [1.165, 1.54) is 11.3 Å². The van der Waals surface area contributed by atoms with Crippen LogP contribution in [0.25, 0.3) is 11.3 Å². The molecule has 1 aromatic heterocycles. The van der Waals surface area contributed by atoms with E-state index >= 15 is 0 Å². The molecule has 0 atom stereocenters. The minimum atomic E-state index is 0.225. The highest BCUT2D eigenvalue weighted by molar-refractivity contribution is 7.14. The van der Waals surface area contributed by atoms with Crippen LogP contribution in [0.2, 0.25) is 0 Å². The first-order chi connectivity index (χ1) is 11.2. The maximum absolute atomic E-state index is 9.51. The number of aromatic hydroxyl groups is 1. The molecule has 0 fully saturated rings. The summed E-state index contributed by atoms with van der Waals surface area (Å²) in [6.07, 6.45) is 1.72. The second kappa shape index (κ2) is 6.93. The molecule has 1 heterocycles. The molecule has 2 N–H and O–H groups in total. The van der Waals surface area contributed by atoms with Crippen molar-refractivity contribution in [3.05, 3.63) is 59.5 Å². The molecular weight excluding hydrogens is 310 g/mol. The molecule has 0 saturated carbocycles. The Kier molecular flexibility index (Phi) is 4.54. The zero-order chi connectivity index (χ0) is 16.1. The Bertz CT molecular complexity index is 813. The minimum Gasteiger partial charge on any atom is -0.508 e. The summed E-state index contributed by atoms with van der Waals surface area (Å²) >= 11 is 1.45. The van der Waals surface area contributed by atoms with E-state index in [9.17, 15) is 5.11 Å². The lowest BCUT2D eigenvalue weighted by Crippen LogP contribution is -1.90. The van der Waals surface area contributed by atoms with E-state index in [1.54, 1.807) is 31.5 Å². The molecule has 0 unspecified atom stereocenters. The van der Waals surface area contributed by atoms with Gasteiger partial charge >= 0.3 is 0 Å². The largest absolute Gasteiger partial charge is 0.508 e. The van der Waals surface area contributed by atoms with Gasteiger partial charge in [-0.1, -0.05) is 12.1 Å². The summed E-state index contributed by atoms with van der Waals surface area (Å²) in [5.41, 5.74) is 5.54. The average Bonchev–Trinajstić information content (AvgIpc) is 3.04. The monoisotopic (exact) mass is 325 g/mol. The second-order valence-electron chi connectivity index (χ2n) is 4.73. The number of benzene rings is 2. The number of phenols is 1. The zero-order valence-electron chi connectivity index (χ0n) is 12.4. The van der Waals surface area contributed by atoms with Gasteiger partial charge in [0, 0.05) is 10.9 Å². The maximum Gasteiger partial charge on any atom is 0.203 e. The van der Waals surface area contributed by atoms with Crippen LogP contribution >= 0.6 is 11.3 Å². The first-order valence-corrected chi connectivity index (χ1v) is 7.80. The third-order valence-corrected chi connectivity index (χ3v) is 3.88. The van der Waals surface area contributed by atoms with E-state index in [-0.39, 0.29) is 5.75 Å². The lowest BCUT2D eigenvalue weighted by atomic mass is 10.2. The van der Waals surface area contributed by atoms with Gasteiger partial charge in [0.05, 0.1) is 19.0 Å². The van der Waals surface area contributed by atoms with Gasteiger partial charge in [-0.2, -0.15) is 5.10 Å². The van der Waals surface area contributed by atoms with Crippen LogP contribution in [0.5, 0.6) is 11.5 Å². The van der Waals surface area contributed by atoms with Crippen molar-refractivity contribution < 1.29 is 9.84 Å². The highest BCUT2D eigenvalue weighted by Gasteiger charge is 2.04. The van der Waals surface area contributed by atoms with Crippen molar-refractivity contribution in [2.24, 2.45) is 5.10 Å². The highest BCUT2D eigenvalue weighted by Crippen LogP contribution is 2.26. The summed E-state index contributed by atoms with van der Waals surface area (Å²) in [6, 6.07) is 14.6. The van der Waals surface area contributed by atoms with E-state index in [2.05, 4.69) is 15.5 Å². The van der Waals surface area contributed by atoms with Crippen LogP contribution in [-0.2, 0) is 0 Å². The summed E-state index contributed by atoms with van der Waals surface area (Å²) in [6.45, 7) is 0. The molecule has 116 valence electrons. The fourth-order valence-corrected chi connectivity index (χ4v) is 2.64. The van der Waals surface area contributed by atoms with Crippen LogP contribution < -0.4 is 10.2 Å². The van der Waals surface area contributed by atoms with E-state index < -0.39 is 0 Å². The first kappa shape index (κ1) is 15.1. The van der Waals surface area contributed by atoms with Gasteiger partial charge in [0.25, 0.3) is 0 Å². The third kappa shape index (κ3) is 3.87. The topological polar surface area (TPSA) is 66.7 Å². The Labute approximate surface area is 137 Å². The van der Waals surface area contributed by atoms with Crippen LogP contribution in [0.4, 0.5) is 5.13 Å². The zero-order valence-corrected chi connectivity index (χ0v) is 13.2. The number of hydrazone groups is 1. The Morgan fingerprint density at radius 2 is 2.04 bits per heavy atom. The second-order valence-corrected chi connectivity index (χ2v) is 5.59.